The van der Waals surface area contributed by atoms with Crippen LogP contribution >= 0.6 is 0 Å². The Morgan fingerprint density at radius 3 is 1.84 bits per heavy atom. The van der Waals surface area contributed by atoms with Crippen LogP contribution in [0.3, 0.4) is 0 Å². The average molecular weight is 430 g/mol. The number of rotatable bonds is 9. The average Bonchev–Trinajstić information content (AvgIpc) is 2.73. The Balaban J connectivity index is 1.50. The van der Waals surface area contributed by atoms with E-state index in [2.05, 4.69) is 15.1 Å². The first kappa shape index (κ1) is 23.4. The summed E-state index contributed by atoms with van der Waals surface area (Å²) >= 11 is 0. The molecular formula is C25H33F2N3O. The highest BCUT2D eigenvalue weighted by Crippen LogP contribution is 2.30. The fraction of sp³-hybridized carbons (Fsp3) is 0.480. The van der Waals surface area contributed by atoms with Gasteiger partial charge in [0.15, 0.2) is 0 Å². The third kappa shape index (κ3) is 7.40. The SMILES string of the molecule is CC(C)NC(=O)CN1CCN(CCCC(c2ccc(F)cc2)c2ccc(F)cc2)CC1. The minimum Gasteiger partial charge on any atom is -0.353 e. The Hall–Kier alpha value is -2.31. The van der Waals surface area contributed by atoms with Crippen LogP contribution < -0.4 is 5.32 Å². The van der Waals surface area contributed by atoms with Crippen molar-refractivity contribution >= 4 is 5.91 Å². The number of nitrogens with one attached hydrogen (secondary N) is 1. The van der Waals surface area contributed by atoms with E-state index in [0.29, 0.717) is 6.54 Å². The predicted octanol–water partition coefficient (Wildman–Crippen LogP) is 4.02. The number of carbonyl (C=O) groups is 1. The lowest BCUT2D eigenvalue weighted by molar-refractivity contribution is -0.123. The lowest BCUT2D eigenvalue weighted by atomic mass is 9.87. The summed E-state index contributed by atoms with van der Waals surface area (Å²) < 4.78 is 26.8. The van der Waals surface area contributed by atoms with Crippen molar-refractivity contribution < 1.29 is 13.6 Å². The van der Waals surface area contributed by atoms with Gasteiger partial charge >= 0.3 is 0 Å². The molecule has 31 heavy (non-hydrogen) atoms. The summed E-state index contributed by atoms with van der Waals surface area (Å²) in [5.41, 5.74) is 2.10. The Morgan fingerprint density at radius 2 is 1.35 bits per heavy atom. The Morgan fingerprint density at radius 1 is 0.871 bits per heavy atom. The van der Waals surface area contributed by atoms with Crippen molar-refractivity contribution in [2.24, 2.45) is 0 Å². The molecule has 4 nitrogen and oxygen atoms in total. The summed E-state index contributed by atoms with van der Waals surface area (Å²) in [6, 6.07) is 13.4. The third-order valence-electron chi connectivity index (χ3n) is 5.79. The maximum absolute atomic E-state index is 13.4. The summed E-state index contributed by atoms with van der Waals surface area (Å²) in [5.74, 6) is -0.296. The fourth-order valence-corrected chi connectivity index (χ4v) is 4.18. The molecule has 6 heteroatoms. The van der Waals surface area contributed by atoms with Gasteiger partial charge in [0.2, 0.25) is 5.91 Å². The van der Waals surface area contributed by atoms with Crippen LogP contribution in [0.4, 0.5) is 8.78 Å². The topological polar surface area (TPSA) is 35.6 Å². The van der Waals surface area contributed by atoms with Gasteiger partial charge in [0.05, 0.1) is 6.54 Å². The molecule has 168 valence electrons. The Kier molecular flexibility index (Phi) is 8.55. The quantitative estimate of drug-likeness (QED) is 0.654. The highest BCUT2D eigenvalue weighted by molar-refractivity contribution is 5.78. The molecule has 1 aliphatic heterocycles. The zero-order valence-electron chi connectivity index (χ0n) is 18.5. The number of nitrogens with zero attached hydrogens (tertiary/aromatic N) is 2. The zero-order valence-corrected chi connectivity index (χ0v) is 18.5. The van der Waals surface area contributed by atoms with Gasteiger partial charge < -0.3 is 10.2 Å². The Bertz CT molecular complexity index is 770. The zero-order chi connectivity index (χ0) is 22.2. The monoisotopic (exact) mass is 429 g/mol. The van der Waals surface area contributed by atoms with Crippen molar-refractivity contribution in [3.63, 3.8) is 0 Å². The summed E-state index contributed by atoms with van der Waals surface area (Å²) in [6.07, 6.45) is 1.90. The lowest BCUT2D eigenvalue weighted by Gasteiger charge is -2.34. The van der Waals surface area contributed by atoms with Gasteiger partial charge in [0.1, 0.15) is 11.6 Å². The van der Waals surface area contributed by atoms with Gasteiger partial charge in [-0.3, -0.25) is 9.69 Å². The normalized spacial score (nSPS) is 15.5. The molecule has 2 aromatic carbocycles. The highest BCUT2D eigenvalue weighted by atomic mass is 19.1. The first-order chi connectivity index (χ1) is 14.9. The van der Waals surface area contributed by atoms with E-state index in [1.54, 1.807) is 0 Å². The number of amides is 1. The van der Waals surface area contributed by atoms with Crippen LogP contribution in [-0.2, 0) is 4.79 Å². The third-order valence-corrected chi connectivity index (χ3v) is 5.79. The van der Waals surface area contributed by atoms with Crippen molar-refractivity contribution in [3.8, 4) is 0 Å². The second-order valence-electron chi connectivity index (χ2n) is 8.64. The van der Waals surface area contributed by atoms with Gasteiger partial charge in [-0.25, -0.2) is 8.78 Å². The van der Waals surface area contributed by atoms with Crippen molar-refractivity contribution in [3.05, 3.63) is 71.3 Å². The van der Waals surface area contributed by atoms with Gasteiger partial charge in [-0.05, 0) is 68.6 Å². The standard InChI is InChI=1S/C25H33F2N3O/c1-19(2)28-25(31)18-30-16-14-29(15-17-30)13-3-4-24(20-5-9-22(26)10-6-20)21-7-11-23(27)12-8-21/h5-12,19,24H,3-4,13-18H2,1-2H3,(H,28,31). The van der Waals surface area contributed by atoms with E-state index in [0.717, 1.165) is 56.7 Å². The van der Waals surface area contributed by atoms with E-state index >= 15 is 0 Å². The number of carbonyl (C=O) groups excluding carboxylic acids is 1. The molecule has 0 saturated carbocycles. The number of halogens is 2. The maximum Gasteiger partial charge on any atom is 0.234 e. The van der Waals surface area contributed by atoms with Gasteiger partial charge in [-0.1, -0.05) is 24.3 Å². The molecule has 0 unspecified atom stereocenters. The molecular weight excluding hydrogens is 396 g/mol. The number of hydrogen-bond donors (Lipinski definition) is 1. The summed E-state index contributed by atoms with van der Waals surface area (Å²) in [6.45, 7) is 9.07. The molecule has 0 bridgehead atoms. The predicted molar refractivity (Wildman–Crippen MR) is 120 cm³/mol. The Labute approximate surface area is 184 Å². The van der Waals surface area contributed by atoms with Crippen molar-refractivity contribution in [1.82, 2.24) is 15.1 Å². The van der Waals surface area contributed by atoms with E-state index in [1.165, 1.54) is 24.3 Å². The van der Waals surface area contributed by atoms with Crippen LogP contribution in [0.15, 0.2) is 48.5 Å². The molecule has 0 aliphatic carbocycles. The minimum atomic E-state index is -0.249. The van der Waals surface area contributed by atoms with E-state index in [1.807, 2.05) is 38.1 Å². The number of hydrogen-bond acceptors (Lipinski definition) is 3. The summed E-state index contributed by atoms with van der Waals surface area (Å²) in [4.78, 5) is 16.6. The van der Waals surface area contributed by atoms with Crippen molar-refractivity contribution in [1.29, 1.82) is 0 Å². The molecule has 3 rings (SSSR count). The number of benzene rings is 2. The highest BCUT2D eigenvalue weighted by Gasteiger charge is 2.20. The first-order valence-corrected chi connectivity index (χ1v) is 11.2. The minimum absolute atomic E-state index is 0.0879. The van der Waals surface area contributed by atoms with E-state index < -0.39 is 0 Å². The second-order valence-corrected chi connectivity index (χ2v) is 8.64. The molecule has 1 N–H and O–H groups in total. The van der Waals surface area contributed by atoms with Crippen LogP contribution in [0, 0.1) is 11.6 Å². The molecule has 1 aliphatic rings. The van der Waals surface area contributed by atoms with Crippen LogP contribution in [0.5, 0.6) is 0 Å². The number of piperazine rings is 1. The summed E-state index contributed by atoms with van der Waals surface area (Å²) in [7, 11) is 0. The molecule has 1 amide bonds. The van der Waals surface area contributed by atoms with Crippen molar-refractivity contribution in [2.45, 2.75) is 38.6 Å². The molecule has 1 heterocycles. The van der Waals surface area contributed by atoms with Gasteiger partial charge in [0.25, 0.3) is 0 Å². The lowest BCUT2D eigenvalue weighted by Crippen LogP contribution is -2.50. The first-order valence-electron chi connectivity index (χ1n) is 11.2. The fourth-order valence-electron chi connectivity index (χ4n) is 4.18. The smallest absolute Gasteiger partial charge is 0.234 e. The molecule has 1 fully saturated rings. The summed E-state index contributed by atoms with van der Waals surface area (Å²) in [5, 5.41) is 2.94. The molecule has 0 atom stereocenters. The van der Waals surface area contributed by atoms with Crippen LogP contribution in [0.1, 0.15) is 43.7 Å². The van der Waals surface area contributed by atoms with Gasteiger partial charge in [-0.15, -0.1) is 0 Å². The van der Waals surface area contributed by atoms with E-state index in [4.69, 9.17) is 0 Å². The second kappa shape index (κ2) is 11.3. The molecule has 1 saturated heterocycles. The van der Waals surface area contributed by atoms with E-state index in [-0.39, 0.29) is 29.5 Å². The maximum atomic E-state index is 13.4. The molecule has 0 spiro atoms. The van der Waals surface area contributed by atoms with Gasteiger partial charge in [0, 0.05) is 38.1 Å². The largest absolute Gasteiger partial charge is 0.353 e. The molecule has 0 aromatic heterocycles. The van der Waals surface area contributed by atoms with Crippen molar-refractivity contribution in [2.75, 3.05) is 39.3 Å². The van der Waals surface area contributed by atoms with Gasteiger partial charge in [-0.2, -0.15) is 0 Å². The van der Waals surface area contributed by atoms with E-state index in [9.17, 15) is 13.6 Å². The van der Waals surface area contributed by atoms with Crippen LogP contribution in [0.2, 0.25) is 0 Å². The van der Waals surface area contributed by atoms with Crippen LogP contribution in [-0.4, -0.2) is 61.0 Å². The molecule has 0 radical (unpaired) electrons. The molecule has 2 aromatic rings. The van der Waals surface area contributed by atoms with Crippen LogP contribution in [0.25, 0.3) is 0 Å².